The zero-order valence-electron chi connectivity index (χ0n) is 7.26. The molecule has 1 heteroatoms. The van der Waals surface area contributed by atoms with Crippen LogP contribution in [0, 0.1) is 5.92 Å². The van der Waals surface area contributed by atoms with Crippen molar-refractivity contribution in [3.8, 4) is 0 Å². The molecular weight excluding hydrogens is 134 g/mol. The molecule has 1 unspecified atom stereocenters. The normalized spacial score (nSPS) is 21.9. The van der Waals surface area contributed by atoms with Crippen LogP contribution in [0.15, 0.2) is 12.7 Å². The van der Waals surface area contributed by atoms with E-state index >= 15 is 0 Å². The molecular formula is C10H19N. The van der Waals surface area contributed by atoms with Crippen LogP contribution in [-0.4, -0.2) is 6.04 Å². The predicted octanol–water partition coefficient (Wildman–Crippen LogP) is 2.47. The molecule has 1 fully saturated rings. The second kappa shape index (κ2) is 4.55. The van der Waals surface area contributed by atoms with Gasteiger partial charge in [0.2, 0.25) is 0 Å². The van der Waals surface area contributed by atoms with E-state index in [1.807, 2.05) is 6.08 Å². The highest BCUT2D eigenvalue weighted by atomic mass is 14.6. The second-order valence-electron chi connectivity index (χ2n) is 3.57. The summed E-state index contributed by atoms with van der Waals surface area (Å²) in [5.74, 6) is 0.815. The quantitative estimate of drug-likeness (QED) is 0.617. The highest BCUT2D eigenvalue weighted by molar-refractivity contribution is 4.80. The van der Waals surface area contributed by atoms with E-state index in [0.717, 1.165) is 18.8 Å². The molecule has 11 heavy (non-hydrogen) atoms. The number of allylic oxidation sites excluding steroid dienone is 1. The number of hydrogen-bond acceptors (Lipinski definition) is 1. The van der Waals surface area contributed by atoms with Crippen molar-refractivity contribution < 1.29 is 0 Å². The van der Waals surface area contributed by atoms with Gasteiger partial charge in [-0.15, -0.1) is 6.58 Å². The van der Waals surface area contributed by atoms with Gasteiger partial charge >= 0.3 is 0 Å². The monoisotopic (exact) mass is 153 g/mol. The molecule has 1 aliphatic rings. The minimum atomic E-state index is 0.440. The molecule has 0 aliphatic heterocycles. The van der Waals surface area contributed by atoms with Crippen molar-refractivity contribution in [1.82, 2.24) is 0 Å². The summed E-state index contributed by atoms with van der Waals surface area (Å²) in [6.45, 7) is 3.70. The lowest BCUT2D eigenvalue weighted by molar-refractivity contribution is 0.412. The van der Waals surface area contributed by atoms with E-state index in [1.165, 1.54) is 25.7 Å². The first kappa shape index (κ1) is 8.79. The molecule has 0 bridgehead atoms. The first-order valence-electron chi connectivity index (χ1n) is 4.71. The van der Waals surface area contributed by atoms with Crippen LogP contribution in [0.2, 0.25) is 0 Å². The molecule has 0 spiro atoms. The number of hydrogen-bond donors (Lipinski definition) is 1. The standard InChI is InChI=1S/C10H19N/c1-2-3-8-10(11)9-6-4-5-7-9/h2,9-10H,1,3-8,11H2. The van der Waals surface area contributed by atoms with Gasteiger partial charge in [0.05, 0.1) is 0 Å². The van der Waals surface area contributed by atoms with Gasteiger partial charge in [-0.25, -0.2) is 0 Å². The first-order chi connectivity index (χ1) is 5.34. The SMILES string of the molecule is C=CCCC(N)C1CCCC1. The molecule has 64 valence electrons. The average Bonchev–Trinajstić information content (AvgIpc) is 2.52. The first-order valence-corrected chi connectivity index (χ1v) is 4.71. The topological polar surface area (TPSA) is 26.0 Å². The minimum Gasteiger partial charge on any atom is -0.327 e. The van der Waals surface area contributed by atoms with Gasteiger partial charge in [-0.3, -0.25) is 0 Å². The Bertz CT molecular complexity index is 114. The molecule has 1 nitrogen and oxygen atoms in total. The van der Waals surface area contributed by atoms with Crippen LogP contribution in [0.3, 0.4) is 0 Å². The van der Waals surface area contributed by atoms with Gasteiger partial charge in [0.25, 0.3) is 0 Å². The third-order valence-corrected chi connectivity index (χ3v) is 2.71. The van der Waals surface area contributed by atoms with Crippen LogP contribution in [0.25, 0.3) is 0 Å². The molecule has 0 heterocycles. The molecule has 0 aromatic carbocycles. The van der Waals surface area contributed by atoms with Crippen LogP contribution in [0.5, 0.6) is 0 Å². The fourth-order valence-corrected chi connectivity index (χ4v) is 1.93. The van der Waals surface area contributed by atoms with Crippen molar-refractivity contribution in [3.63, 3.8) is 0 Å². The van der Waals surface area contributed by atoms with Gasteiger partial charge in [0.15, 0.2) is 0 Å². The molecule has 1 atom stereocenters. The molecule has 1 rings (SSSR count). The van der Waals surface area contributed by atoms with E-state index in [2.05, 4.69) is 6.58 Å². The third kappa shape index (κ3) is 2.66. The second-order valence-corrected chi connectivity index (χ2v) is 3.57. The van der Waals surface area contributed by atoms with Crippen molar-refractivity contribution in [3.05, 3.63) is 12.7 Å². The Morgan fingerprint density at radius 2 is 2.09 bits per heavy atom. The fraction of sp³-hybridized carbons (Fsp3) is 0.800. The zero-order chi connectivity index (χ0) is 8.10. The molecule has 0 radical (unpaired) electrons. The average molecular weight is 153 g/mol. The highest BCUT2D eigenvalue weighted by Gasteiger charge is 2.20. The van der Waals surface area contributed by atoms with Crippen LogP contribution in [0.1, 0.15) is 38.5 Å². The molecule has 0 amide bonds. The van der Waals surface area contributed by atoms with Crippen molar-refractivity contribution in [2.24, 2.45) is 11.7 Å². The molecule has 0 aromatic rings. The summed E-state index contributed by atoms with van der Waals surface area (Å²) >= 11 is 0. The maximum atomic E-state index is 6.02. The summed E-state index contributed by atoms with van der Waals surface area (Å²) in [6.07, 6.45) is 9.69. The smallest absolute Gasteiger partial charge is 0.00701 e. The van der Waals surface area contributed by atoms with Crippen LogP contribution >= 0.6 is 0 Å². The predicted molar refractivity (Wildman–Crippen MR) is 49.4 cm³/mol. The number of nitrogens with two attached hydrogens (primary N) is 1. The maximum absolute atomic E-state index is 6.02. The summed E-state index contributed by atoms with van der Waals surface area (Å²) < 4.78 is 0. The Morgan fingerprint density at radius 1 is 1.45 bits per heavy atom. The van der Waals surface area contributed by atoms with E-state index in [1.54, 1.807) is 0 Å². The third-order valence-electron chi connectivity index (χ3n) is 2.71. The summed E-state index contributed by atoms with van der Waals surface area (Å²) in [6, 6.07) is 0.440. The van der Waals surface area contributed by atoms with E-state index in [0.29, 0.717) is 6.04 Å². The summed E-state index contributed by atoms with van der Waals surface area (Å²) in [5.41, 5.74) is 6.02. The Labute approximate surface area is 69.7 Å². The number of rotatable bonds is 4. The molecule has 1 saturated carbocycles. The highest BCUT2D eigenvalue weighted by Crippen LogP contribution is 2.28. The molecule has 0 aromatic heterocycles. The largest absolute Gasteiger partial charge is 0.327 e. The Balaban J connectivity index is 2.16. The summed E-state index contributed by atoms with van der Waals surface area (Å²) in [7, 11) is 0. The minimum absolute atomic E-state index is 0.440. The lowest BCUT2D eigenvalue weighted by Crippen LogP contribution is -2.27. The van der Waals surface area contributed by atoms with E-state index < -0.39 is 0 Å². The lowest BCUT2D eigenvalue weighted by Gasteiger charge is -2.17. The Hall–Kier alpha value is -0.300. The summed E-state index contributed by atoms with van der Waals surface area (Å²) in [4.78, 5) is 0. The van der Waals surface area contributed by atoms with E-state index in [-0.39, 0.29) is 0 Å². The molecule has 1 aliphatic carbocycles. The fourth-order valence-electron chi connectivity index (χ4n) is 1.93. The van der Waals surface area contributed by atoms with Gasteiger partial charge in [-0.1, -0.05) is 18.9 Å². The van der Waals surface area contributed by atoms with Crippen LogP contribution in [0.4, 0.5) is 0 Å². The van der Waals surface area contributed by atoms with E-state index in [4.69, 9.17) is 5.73 Å². The van der Waals surface area contributed by atoms with Gasteiger partial charge in [0.1, 0.15) is 0 Å². The van der Waals surface area contributed by atoms with Crippen molar-refractivity contribution in [2.45, 2.75) is 44.6 Å². The van der Waals surface area contributed by atoms with Crippen molar-refractivity contribution in [1.29, 1.82) is 0 Å². The van der Waals surface area contributed by atoms with Gasteiger partial charge in [-0.05, 0) is 31.6 Å². The summed E-state index contributed by atoms with van der Waals surface area (Å²) in [5, 5.41) is 0. The maximum Gasteiger partial charge on any atom is 0.00701 e. The van der Waals surface area contributed by atoms with Crippen molar-refractivity contribution >= 4 is 0 Å². The Morgan fingerprint density at radius 3 is 2.64 bits per heavy atom. The molecule has 2 N–H and O–H groups in total. The van der Waals surface area contributed by atoms with Crippen molar-refractivity contribution in [2.75, 3.05) is 0 Å². The van der Waals surface area contributed by atoms with Crippen LogP contribution in [-0.2, 0) is 0 Å². The van der Waals surface area contributed by atoms with E-state index in [9.17, 15) is 0 Å². The lowest BCUT2D eigenvalue weighted by atomic mass is 9.95. The van der Waals surface area contributed by atoms with Gasteiger partial charge < -0.3 is 5.73 Å². The molecule has 0 saturated heterocycles. The Kier molecular flexibility index (Phi) is 3.64. The zero-order valence-corrected chi connectivity index (χ0v) is 7.26. The van der Waals surface area contributed by atoms with Gasteiger partial charge in [-0.2, -0.15) is 0 Å². The van der Waals surface area contributed by atoms with Gasteiger partial charge in [0, 0.05) is 6.04 Å². The van der Waals surface area contributed by atoms with Crippen LogP contribution < -0.4 is 5.73 Å².